The standard InChI is InChI=1S/C58H45N3O/c1-37-23-25-42(26-24-37)45-27-28-59-53(35-45)48-33-46(41-15-8-5-9-16-41)32-47(34-48)49-21-14-22-54-56(49)60-58(52-30-38(2)29-40(4)57(52)62)61(54)55-36-50(43-17-10-6-11-18-43)39(3)31-51(55)44-19-12-7-13-20-44/h5-36,62H,1-4H3/i1D3,3D3. The number of hydrogen-bond donors (Lipinski definition) is 1. The molecule has 0 aliphatic rings. The summed E-state index contributed by atoms with van der Waals surface area (Å²) in [7, 11) is 0. The van der Waals surface area contributed by atoms with Gasteiger partial charge >= 0.3 is 0 Å². The normalized spacial score (nSPS) is 13.1. The van der Waals surface area contributed by atoms with Gasteiger partial charge in [-0.1, -0.05) is 139 Å². The molecule has 0 aliphatic carbocycles. The molecule has 10 aromatic rings. The van der Waals surface area contributed by atoms with Crippen LogP contribution in [0.5, 0.6) is 5.75 Å². The van der Waals surface area contributed by atoms with Gasteiger partial charge in [0.2, 0.25) is 0 Å². The highest BCUT2D eigenvalue weighted by Gasteiger charge is 2.24. The molecule has 4 heteroatoms. The fraction of sp³-hybridized carbons (Fsp3) is 0.0690. The van der Waals surface area contributed by atoms with Crippen LogP contribution in [0.4, 0.5) is 0 Å². The van der Waals surface area contributed by atoms with Crippen molar-refractivity contribution in [2.24, 2.45) is 0 Å². The molecule has 0 radical (unpaired) electrons. The minimum Gasteiger partial charge on any atom is -0.507 e. The van der Waals surface area contributed by atoms with Gasteiger partial charge in [0.25, 0.3) is 0 Å². The van der Waals surface area contributed by atoms with Crippen LogP contribution in [-0.4, -0.2) is 19.6 Å². The molecule has 0 amide bonds. The number of imidazole rings is 1. The fourth-order valence-electron chi connectivity index (χ4n) is 8.52. The van der Waals surface area contributed by atoms with E-state index in [1.807, 2.05) is 147 Å². The smallest absolute Gasteiger partial charge is 0.149 e. The molecule has 0 unspecified atom stereocenters. The van der Waals surface area contributed by atoms with Gasteiger partial charge in [-0.15, -0.1) is 0 Å². The number of nitrogens with zero attached hydrogens (tertiary/aromatic N) is 3. The quantitative estimate of drug-likeness (QED) is 0.166. The van der Waals surface area contributed by atoms with Crippen LogP contribution in [0.2, 0.25) is 0 Å². The second-order valence-electron chi connectivity index (χ2n) is 15.7. The van der Waals surface area contributed by atoms with Gasteiger partial charge in [0.15, 0.2) is 0 Å². The Morgan fingerprint density at radius 2 is 1.11 bits per heavy atom. The highest BCUT2D eigenvalue weighted by Crippen LogP contribution is 2.44. The zero-order valence-corrected chi connectivity index (χ0v) is 34.3. The molecule has 0 atom stereocenters. The first-order valence-electron chi connectivity index (χ1n) is 23.6. The largest absolute Gasteiger partial charge is 0.507 e. The summed E-state index contributed by atoms with van der Waals surface area (Å²) in [6.45, 7) is -0.764. The maximum atomic E-state index is 11.9. The van der Waals surface area contributed by atoms with Crippen molar-refractivity contribution in [1.82, 2.24) is 14.5 Å². The summed E-state index contributed by atoms with van der Waals surface area (Å²) < 4.78 is 52.0. The van der Waals surface area contributed by atoms with Crippen LogP contribution in [0.3, 0.4) is 0 Å². The van der Waals surface area contributed by atoms with E-state index in [1.165, 1.54) is 0 Å². The molecule has 2 heterocycles. The van der Waals surface area contributed by atoms with Crippen molar-refractivity contribution < 1.29 is 13.3 Å². The summed E-state index contributed by atoms with van der Waals surface area (Å²) in [4.78, 5) is 10.4. The molecule has 1 N–H and O–H groups in total. The molecule has 4 nitrogen and oxygen atoms in total. The summed E-state index contributed by atoms with van der Waals surface area (Å²) in [6, 6.07) is 60.6. The van der Waals surface area contributed by atoms with Crippen molar-refractivity contribution in [2.45, 2.75) is 27.6 Å². The third-order valence-corrected chi connectivity index (χ3v) is 11.5. The van der Waals surface area contributed by atoms with E-state index < -0.39 is 13.7 Å². The topological polar surface area (TPSA) is 50.9 Å². The summed E-state index contributed by atoms with van der Waals surface area (Å²) in [5, 5.41) is 11.9. The van der Waals surface area contributed by atoms with Crippen molar-refractivity contribution in [3.8, 4) is 89.7 Å². The van der Waals surface area contributed by atoms with Crippen LogP contribution in [-0.2, 0) is 0 Å². The van der Waals surface area contributed by atoms with Crippen molar-refractivity contribution in [3.63, 3.8) is 0 Å². The zero-order chi connectivity index (χ0) is 47.3. The van der Waals surface area contributed by atoms with E-state index in [9.17, 15) is 5.11 Å². The Labute approximate surface area is 371 Å². The Morgan fingerprint density at radius 1 is 0.452 bits per heavy atom. The van der Waals surface area contributed by atoms with E-state index in [0.29, 0.717) is 39.3 Å². The summed E-state index contributed by atoms with van der Waals surface area (Å²) in [6.07, 6.45) is 1.77. The molecule has 0 saturated carbocycles. The van der Waals surface area contributed by atoms with Gasteiger partial charge in [-0.25, -0.2) is 4.98 Å². The van der Waals surface area contributed by atoms with Crippen molar-refractivity contribution in [2.75, 3.05) is 0 Å². The van der Waals surface area contributed by atoms with Crippen LogP contribution < -0.4 is 0 Å². The molecular weight excluding hydrogens is 755 g/mol. The molecule has 62 heavy (non-hydrogen) atoms. The van der Waals surface area contributed by atoms with Gasteiger partial charge in [-0.3, -0.25) is 9.55 Å². The average Bonchev–Trinajstić information content (AvgIpc) is 3.74. The lowest BCUT2D eigenvalue weighted by atomic mass is 9.93. The highest BCUT2D eigenvalue weighted by atomic mass is 16.3. The number of aryl methyl sites for hydroxylation is 4. The Balaban J connectivity index is 1.25. The number of benzene rings is 8. The van der Waals surface area contributed by atoms with Crippen molar-refractivity contribution in [3.05, 3.63) is 217 Å². The van der Waals surface area contributed by atoms with E-state index in [4.69, 9.17) is 18.2 Å². The molecule has 2 aromatic heterocycles. The molecule has 0 spiro atoms. The summed E-state index contributed by atoms with van der Waals surface area (Å²) >= 11 is 0. The van der Waals surface area contributed by atoms with Gasteiger partial charge in [0, 0.05) is 31.1 Å². The molecule has 8 aromatic carbocycles. The Kier molecular flexibility index (Phi) is 8.25. The van der Waals surface area contributed by atoms with Crippen LogP contribution in [0, 0.1) is 27.6 Å². The number of hydrogen-bond acceptors (Lipinski definition) is 3. The molecular formula is C58H45N3O. The van der Waals surface area contributed by atoms with Crippen molar-refractivity contribution >= 4 is 11.0 Å². The first-order valence-corrected chi connectivity index (χ1v) is 20.6. The van der Waals surface area contributed by atoms with Gasteiger partial charge in [0.1, 0.15) is 11.6 Å². The number of aromatic hydroxyl groups is 1. The fourth-order valence-corrected chi connectivity index (χ4v) is 8.52. The number of aromatic nitrogens is 3. The van der Waals surface area contributed by atoms with E-state index in [0.717, 1.165) is 66.8 Å². The molecule has 0 bridgehead atoms. The Bertz CT molecular complexity index is 3490. The van der Waals surface area contributed by atoms with E-state index >= 15 is 0 Å². The van der Waals surface area contributed by atoms with Crippen LogP contribution in [0.1, 0.15) is 30.5 Å². The third-order valence-electron chi connectivity index (χ3n) is 11.5. The summed E-state index contributed by atoms with van der Waals surface area (Å²) in [5.74, 6) is 0.595. The number of phenols is 1. The Hall–Kier alpha value is -7.82. The monoisotopic (exact) mass is 805 g/mol. The lowest BCUT2D eigenvalue weighted by molar-refractivity contribution is 0.472. The number of para-hydroxylation sites is 1. The Morgan fingerprint density at radius 3 is 1.82 bits per heavy atom. The van der Waals surface area contributed by atoms with Crippen LogP contribution in [0.15, 0.2) is 194 Å². The zero-order valence-electron chi connectivity index (χ0n) is 40.3. The second-order valence-corrected chi connectivity index (χ2v) is 15.7. The second kappa shape index (κ2) is 16.0. The van der Waals surface area contributed by atoms with Gasteiger partial charge < -0.3 is 5.11 Å². The third kappa shape index (κ3) is 7.16. The number of rotatable bonds is 8. The van der Waals surface area contributed by atoms with Gasteiger partial charge in [0.05, 0.1) is 28.0 Å². The first-order chi connectivity index (χ1) is 32.7. The maximum Gasteiger partial charge on any atom is 0.149 e. The SMILES string of the molecule is [2H]C([2H])([2H])c1ccc(-c2ccnc(-c3cc(-c4ccccc4)cc(-c4cccc5c4nc(-c4cc(C)cc(C)c4O)n5-c4cc(-c5ccccc5)c(C([2H])([2H])[2H])cc4-c4ccccc4)c3)c2)cc1. The van der Waals surface area contributed by atoms with Gasteiger partial charge in [-0.2, -0.15) is 0 Å². The van der Waals surface area contributed by atoms with E-state index in [1.54, 1.807) is 24.4 Å². The molecule has 0 saturated heterocycles. The average molecular weight is 806 g/mol. The van der Waals surface area contributed by atoms with Crippen molar-refractivity contribution in [1.29, 1.82) is 0 Å². The molecule has 0 fully saturated rings. The molecule has 10 rings (SSSR count). The predicted octanol–water partition coefficient (Wildman–Crippen LogP) is 15.0. The lowest BCUT2D eigenvalue weighted by Gasteiger charge is -2.19. The minimum absolute atomic E-state index is 0.102. The van der Waals surface area contributed by atoms with E-state index in [-0.39, 0.29) is 16.9 Å². The van der Waals surface area contributed by atoms with Crippen LogP contribution >= 0.6 is 0 Å². The number of pyridine rings is 1. The van der Waals surface area contributed by atoms with Crippen LogP contribution in [0.25, 0.3) is 95.0 Å². The number of fused-ring (bicyclic) bond motifs is 1. The summed E-state index contributed by atoms with van der Waals surface area (Å²) in [5.41, 5.74) is 14.7. The highest BCUT2D eigenvalue weighted by molar-refractivity contribution is 5.99. The minimum atomic E-state index is -2.44. The van der Waals surface area contributed by atoms with Gasteiger partial charge in [-0.05, 0) is 143 Å². The maximum absolute atomic E-state index is 11.9. The predicted molar refractivity (Wildman–Crippen MR) is 258 cm³/mol. The molecule has 0 aliphatic heterocycles. The number of phenolic OH excluding ortho intramolecular Hbond substituents is 1. The molecule has 298 valence electrons. The lowest BCUT2D eigenvalue weighted by Crippen LogP contribution is -2.03. The first kappa shape index (κ1) is 32.0. The van der Waals surface area contributed by atoms with E-state index in [2.05, 4.69) is 41.0 Å².